The lowest BCUT2D eigenvalue weighted by atomic mass is 10.0. The Kier molecular flexibility index (Phi) is 8.77. The van der Waals surface area contributed by atoms with Crippen molar-refractivity contribution in [2.24, 2.45) is 0 Å². The Morgan fingerprint density at radius 1 is 0.875 bits per heavy atom. The number of benzene rings is 2. The SMILES string of the molecule is CCOC(=O)C(C)(CC)Oc1ccc(OC(CC)Oc2ccc(OS(C)(=O)=O)cc2)cc1. The van der Waals surface area contributed by atoms with Crippen LogP contribution < -0.4 is 18.4 Å². The number of esters is 1. The van der Waals surface area contributed by atoms with Gasteiger partial charge in [0.05, 0.1) is 12.9 Å². The molecule has 0 bridgehead atoms. The van der Waals surface area contributed by atoms with Crippen LogP contribution in [0, 0.1) is 0 Å². The summed E-state index contributed by atoms with van der Waals surface area (Å²) >= 11 is 0. The molecule has 0 saturated heterocycles. The highest BCUT2D eigenvalue weighted by atomic mass is 32.2. The minimum Gasteiger partial charge on any atom is -0.476 e. The monoisotopic (exact) mass is 466 g/mol. The fourth-order valence-corrected chi connectivity index (χ4v) is 3.09. The van der Waals surface area contributed by atoms with Gasteiger partial charge < -0.3 is 23.1 Å². The fraction of sp³-hybridized carbons (Fsp3) is 0.435. The summed E-state index contributed by atoms with van der Waals surface area (Å²) in [5, 5.41) is 0. The summed E-state index contributed by atoms with van der Waals surface area (Å²) in [5.41, 5.74) is -1.07. The van der Waals surface area contributed by atoms with E-state index in [1.165, 1.54) is 12.1 Å². The second-order valence-corrected chi connectivity index (χ2v) is 8.79. The first kappa shape index (κ1) is 25.3. The number of rotatable bonds is 12. The third-order valence-corrected chi connectivity index (χ3v) is 4.98. The molecule has 0 aromatic heterocycles. The predicted molar refractivity (Wildman–Crippen MR) is 120 cm³/mol. The van der Waals surface area contributed by atoms with Crippen LogP contribution in [-0.2, 0) is 19.6 Å². The van der Waals surface area contributed by atoms with E-state index in [0.29, 0.717) is 30.1 Å². The molecule has 0 aliphatic heterocycles. The molecule has 0 spiro atoms. The van der Waals surface area contributed by atoms with Gasteiger partial charge in [-0.3, -0.25) is 0 Å². The van der Waals surface area contributed by atoms with Crippen molar-refractivity contribution < 1.29 is 36.3 Å². The maximum absolute atomic E-state index is 12.2. The van der Waals surface area contributed by atoms with Gasteiger partial charge in [0.25, 0.3) is 0 Å². The summed E-state index contributed by atoms with van der Waals surface area (Å²) in [4.78, 5) is 12.2. The fourth-order valence-electron chi connectivity index (χ4n) is 2.63. The molecule has 0 radical (unpaired) electrons. The number of hydrogen-bond acceptors (Lipinski definition) is 8. The average molecular weight is 467 g/mol. The zero-order valence-electron chi connectivity index (χ0n) is 19.0. The molecule has 0 N–H and O–H groups in total. The standard InChI is InChI=1S/C23H30O8S/c1-6-21(29-18-11-15-20(16-12-18)31-32(5,25)26)28-17-9-13-19(14-10-17)30-23(4,7-2)22(24)27-8-3/h9-16,21H,6-8H2,1-5H3. The molecule has 2 rings (SSSR count). The Balaban J connectivity index is 1.99. The first-order valence-corrected chi connectivity index (χ1v) is 12.2. The van der Waals surface area contributed by atoms with Gasteiger partial charge in [-0.15, -0.1) is 0 Å². The summed E-state index contributed by atoms with van der Waals surface area (Å²) in [6.45, 7) is 7.51. The van der Waals surface area contributed by atoms with E-state index in [1.54, 1.807) is 50.2 Å². The van der Waals surface area contributed by atoms with E-state index in [4.69, 9.17) is 23.1 Å². The topological polar surface area (TPSA) is 97.4 Å². The molecular formula is C23H30O8S. The Morgan fingerprint density at radius 2 is 1.34 bits per heavy atom. The van der Waals surface area contributed by atoms with E-state index in [0.717, 1.165) is 6.26 Å². The zero-order chi connectivity index (χ0) is 23.8. The Bertz CT molecular complexity index is 970. The third kappa shape index (κ3) is 7.64. The van der Waals surface area contributed by atoms with Crippen LogP contribution in [0.2, 0.25) is 0 Å². The molecule has 2 aromatic rings. The summed E-state index contributed by atoms with van der Waals surface area (Å²) in [6.07, 6.45) is 1.44. The molecule has 0 saturated carbocycles. The van der Waals surface area contributed by atoms with Gasteiger partial charge in [0.2, 0.25) is 11.9 Å². The molecule has 176 valence electrons. The van der Waals surface area contributed by atoms with Crippen molar-refractivity contribution in [1.29, 1.82) is 0 Å². The van der Waals surface area contributed by atoms with Crippen molar-refractivity contribution in [3.63, 3.8) is 0 Å². The first-order valence-electron chi connectivity index (χ1n) is 10.4. The Hall–Kier alpha value is -2.94. The van der Waals surface area contributed by atoms with Crippen molar-refractivity contribution in [2.75, 3.05) is 12.9 Å². The lowest BCUT2D eigenvalue weighted by Gasteiger charge is -2.27. The van der Waals surface area contributed by atoms with Crippen LogP contribution in [-0.4, -0.2) is 39.1 Å². The Morgan fingerprint density at radius 3 is 1.75 bits per heavy atom. The molecule has 0 aliphatic carbocycles. The number of carbonyl (C=O) groups is 1. The van der Waals surface area contributed by atoms with Gasteiger partial charge in [0, 0.05) is 6.42 Å². The minimum atomic E-state index is -3.58. The summed E-state index contributed by atoms with van der Waals surface area (Å²) in [5.74, 6) is 1.38. The van der Waals surface area contributed by atoms with Gasteiger partial charge in [-0.05, 0) is 68.8 Å². The summed E-state index contributed by atoms with van der Waals surface area (Å²) in [7, 11) is -3.58. The van der Waals surface area contributed by atoms with Gasteiger partial charge in [0.15, 0.2) is 0 Å². The zero-order valence-corrected chi connectivity index (χ0v) is 19.8. The molecule has 2 atom stereocenters. The molecule has 2 unspecified atom stereocenters. The molecule has 0 heterocycles. The molecule has 2 aromatic carbocycles. The molecule has 0 amide bonds. The maximum atomic E-state index is 12.2. The largest absolute Gasteiger partial charge is 0.476 e. The van der Waals surface area contributed by atoms with E-state index in [1.807, 2.05) is 13.8 Å². The minimum absolute atomic E-state index is 0.200. The van der Waals surface area contributed by atoms with Gasteiger partial charge in [-0.1, -0.05) is 13.8 Å². The highest BCUT2D eigenvalue weighted by Crippen LogP contribution is 2.26. The Labute approximate surface area is 189 Å². The second-order valence-electron chi connectivity index (χ2n) is 7.21. The van der Waals surface area contributed by atoms with E-state index < -0.39 is 28.0 Å². The average Bonchev–Trinajstić information content (AvgIpc) is 2.75. The molecule has 32 heavy (non-hydrogen) atoms. The van der Waals surface area contributed by atoms with Gasteiger partial charge in [-0.25, -0.2) is 4.79 Å². The van der Waals surface area contributed by atoms with Crippen LogP contribution in [0.5, 0.6) is 23.0 Å². The summed E-state index contributed by atoms with van der Waals surface area (Å²) in [6, 6.07) is 13.1. The number of carbonyl (C=O) groups excluding carboxylic acids is 1. The van der Waals surface area contributed by atoms with E-state index >= 15 is 0 Å². The van der Waals surface area contributed by atoms with Crippen molar-refractivity contribution in [3.05, 3.63) is 48.5 Å². The normalized spacial score (nSPS) is 14.0. The van der Waals surface area contributed by atoms with Crippen LogP contribution in [0.4, 0.5) is 0 Å². The van der Waals surface area contributed by atoms with Crippen LogP contribution in [0.25, 0.3) is 0 Å². The van der Waals surface area contributed by atoms with Gasteiger partial charge in [0.1, 0.15) is 23.0 Å². The smallest absolute Gasteiger partial charge is 0.350 e. The van der Waals surface area contributed by atoms with E-state index in [2.05, 4.69) is 0 Å². The number of ether oxygens (including phenoxy) is 4. The second kappa shape index (κ2) is 11.1. The van der Waals surface area contributed by atoms with Crippen molar-refractivity contribution in [1.82, 2.24) is 0 Å². The van der Waals surface area contributed by atoms with Crippen molar-refractivity contribution in [2.45, 2.75) is 52.4 Å². The predicted octanol–water partition coefficient (Wildman–Crippen LogP) is 4.33. The van der Waals surface area contributed by atoms with E-state index in [9.17, 15) is 13.2 Å². The molecule has 9 heteroatoms. The molecular weight excluding hydrogens is 436 g/mol. The van der Waals surface area contributed by atoms with Crippen molar-refractivity contribution >= 4 is 16.1 Å². The molecule has 0 aliphatic rings. The summed E-state index contributed by atoms with van der Waals surface area (Å²) < 4.78 is 49.9. The number of hydrogen-bond donors (Lipinski definition) is 0. The molecule has 0 fully saturated rings. The van der Waals surface area contributed by atoms with Crippen LogP contribution in [0.15, 0.2) is 48.5 Å². The highest BCUT2D eigenvalue weighted by molar-refractivity contribution is 7.86. The van der Waals surface area contributed by atoms with Gasteiger partial charge in [-0.2, -0.15) is 8.42 Å². The van der Waals surface area contributed by atoms with Crippen LogP contribution in [0.3, 0.4) is 0 Å². The molecule has 8 nitrogen and oxygen atoms in total. The van der Waals surface area contributed by atoms with Crippen molar-refractivity contribution in [3.8, 4) is 23.0 Å². The lowest BCUT2D eigenvalue weighted by Crippen LogP contribution is -2.42. The third-order valence-electron chi connectivity index (χ3n) is 4.49. The lowest BCUT2D eigenvalue weighted by molar-refractivity contribution is -0.160. The van der Waals surface area contributed by atoms with Crippen LogP contribution >= 0.6 is 0 Å². The van der Waals surface area contributed by atoms with Gasteiger partial charge >= 0.3 is 16.1 Å². The quantitative estimate of drug-likeness (QED) is 0.259. The van der Waals surface area contributed by atoms with Crippen LogP contribution in [0.1, 0.15) is 40.5 Å². The maximum Gasteiger partial charge on any atom is 0.350 e. The highest BCUT2D eigenvalue weighted by Gasteiger charge is 2.35. The van der Waals surface area contributed by atoms with E-state index in [-0.39, 0.29) is 12.4 Å². The first-order chi connectivity index (χ1) is 15.1.